The molecule has 124 valence electrons. The van der Waals surface area contributed by atoms with Gasteiger partial charge in [0.2, 0.25) is 0 Å². The minimum atomic E-state index is -0.644. The molecule has 0 heterocycles. The molecule has 0 aliphatic carbocycles. The van der Waals surface area contributed by atoms with Crippen LogP contribution in [-0.2, 0) is 9.53 Å². The molecule has 0 amide bonds. The summed E-state index contributed by atoms with van der Waals surface area (Å²) >= 11 is 0. The molecule has 2 aromatic rings. The molecule has 0 atom stereocenters. The van der Waals surface area contributed by atoms with Crippen molar-refractivity contribution in [3.8, 4) is 5.75 Å². The molecule has 0 spiro atoms. The van der Waals surface area contributed by atoms with E-state index < -0.39 is 24.2 Å². The first-order valence-corrected chi connectivity index (χ1v) is 7.28. The highest BCUT2D eigenvalue weighted by Crippen LogP contribution is 2.18. The molecule has 0 radical (unpaired) electrons. The van der Waals surface area contributed by atoms with Crippen LogP contribution >= 0.6 is 0 Å². The molecule has 2 rings (SSSR count). The molecule has 0 aromatic heterocycles. The topological polar surface area (TPSA) is 52.6 Å². The van der Waals surface area contributed by atoms with E-state index in [9.17, 15) is 14.0 Å². The Bertz CT molecular complexity index is 763. The van der Waals surface area contributed by atoms with Gasteiger partial charge in [-0.15, -0.1) is 0 Å². The number of rotatable bonds is 6. The molecule has 0 aliphatic rings. The van der Waals surface area contributed by atoms with Gasteiger partial charge in [-0.05, 0) is 36.8 Å². The lowest BCUT2D eigenvalue weighted by atomic mass is 10.1. The Kier molecular flexibility index (Phi) is 5.84. The molecule has 0 fully saturated rings. The van der Waals surface area contributed by atoms with Gasteiger partial charge in [0.25, 0.3) is 0 Å². The van der Waals surface area contributed by atoms with Gasteiger partial charge in [-0.1, -0.05) is 29.8 Å². The quantitative estimate of drug-likeness (QED) is 0.462. The molecular formula is C19H17FO4. The number of carbonyl (C=O) groups excluding carboxylic acids is 2. The van der Waals surface area contributed by atoms with E-state index in [4.69, 9.17) is 9.47 Å². The van der Waals surface area contributed by atoms with Crippen molar-refractivity contribution in [2.24, 2.45) is 0 Å². The normalized spacial score (nSPS) is 10.6. The van der Waals surface area contributed by atoms with Crippen LogP contribution in [0.3, 0.4) is 0 Å². The molecule has 0 saturated heterocycles. The van der Waals surface area contributed by atoms with E-state index >= 15 is 0 Å². The van der Waals surface area contributed by atoms with Gasteiger partial charge in [-0.3, -0.25) is 4.79 Å². The Morgan fingerprint density at radius 1 is 1.12 bits per heavy atom. The first kappa shape index (κ1) is 17.4. The zero-order valence-electron chi connectivity index (χ0n) is 13.4. The number of ether oxygens (including phenoxy) is 2. The lowest BCUT2D eigenvalue weighted by molar-refractivity contribution is -0.136. The van der Waals surface area contributed by atoms with Crippen LogP contribution in [0.15, 0.2) is 48.5 Å². The second-order valence-electron chi connectivity index (χ2n) is 5.12. The van der Waals surface area contributed by atoms with Crippen molar-refractivity contribution in [1.82, 2.24) is 0 Å². The summed E-state index contributed by atoms with van der Waals surface area (Å²) in [5, 5.41) is 0. The number of Topliss-reactive ketones (excluding diaryl/α,β-unsaturated/α-hetero) is 1. The van der Waals surface area contributed by atoms with E-state index in [0.29, 0.717) is 0 Å². The Morgan fingerprint density at radius 2 is 1.83 bits per heavy atom. The maximum absolute atomic E-state index is 13.6. The molecule has 5 heteroatoms. The van der Waals surface area contributed by atoms with E-state index in [0.717, 1.165) is 17.2 Å². The van der Waals surface area contributed by atoms with Crippen LogP contribution in [0, 0.1) is 12.7 Å². The summed E-state index contributed by atoms with van der Waals surface area (Å²) in [6, 6.07) is 11.4. The Hall–Kier alpha value is -2.95. The summed E-state index contributed by atoms with van der Waals surface area (Å²) in [5.74, 6) is -1.73. The van der Waals surface area contributed by atoms with Crippen molar-refractivity contribution in [3.63, 3.8) is 0 Å². The highest BCUT2D eigenvalue weighted by atomic mass is 19.1. The van der Waals surface area contributed by atoms with E-state index in [1.54, 1.807) is 6.08 Å². The summed E-state index contributed by atoms with van der Waals surface area (Å²) < 4.78 is 23.2. The van der Waals surface area contributed by atoms with E-state index in [1.807, 2.05) is 31.2 Å². The summed E-state index contributed by atoms with van der Waals surface area (Å²) in [6.07, 6.45) is 2.84. The number of halogens is 1. The van der Waals surface area contributed by atoms with Crippen molar-refractivity contribution in [2.45, 2.75) is 6.92 Å². The second-order valence-corrected chi connectivity index (χ2v) is 5.12. The standard InChI is InChI=1S/C19H17FO4/c1-13-3-5-14(6-4-13)7-10-19(22)24-12-17(21)15-8-9-18(23-2)16(20)11-15/h3-11H,12H2,1-2H3/b10-7+. The van der Waals surface area contributed by atoms with Gasteiger partial charge < -0.3 is 9.47 Å². The van der Waals surface area contributed by atoms with Crippen molar-refractivity contribution in [1.29, 1.82) is 0 Å². The van der Waals surface area contributed by atoms with Gasteiger partial charge in [0.05, 0.1) is 7.11 Å². The average molecular weight is 328 g/mol. The monoisotopic (exact) mass is 328 g/mol. The van der Waals surface area contributed by atoms with Gasteiger partial charge in [-0.2, -0.15) is 0 Å². The van der Waals surface area contributed by atoms with Crippen LogP contribution in [0.2, 0.25) is 0 Å². The summed E-state index contributed by atoms with van der Waals surface area (Å²) in [4.78, 5) is 23.5. The molecule has 0 saturated carbocycles. The number of esters is 1. The van der Waals surface area contributed by atoms with Gasteiger partial charge in [-0.25, -0.2) is 9.18 Å². The molecule has 0 bridgehead atoms. The number of hydrogen-bond acceptors (Lipinski definition) is 4. The molecule has 2 aromatic carbocycles. The number of hydrogen-bond donors (Lipinski definition) is 0. The van der Waals surface area contributed by atoms with Crippen molar-refractivity contribution >= 4 is 17.8 Å². The smallest absolute Gasteiger partial charge is 0.331 e. The fourth-order valence-electron chi connectivity index (χ4n) is 1.95. The minimum Gasteiger partial charge on any atom is -0.494 e. The Labute approximate surface area is 139 Å². The van der Waals surface area contributed by atoms with Crippen LogP contribution in [0.1, 0.15) is 21.5 Å². The van der Waals surface area contributed by atoms with Crippen LogP contribution < -0.4 is 4.74 Å². The fraction of sp³-hybridized carbons (Fsp3) is 0.158. The Balaban J connectivity index is 1.90. The van der Waals surface area contributed by atoms with Crippen LogP contribution in [0.4, 0.5) is 4.39 Å². The molecule has 0 unspecified atom stereocenters. The third-order valence-corrected chi connectivity index (χ3v) is 3.31. The van der Waals surface area contributed by atoms with Crippen LogP contribution in [0.5, 0.6) is 5.75 Å². The number of ketones is 1. The fourth-order valence-corrected chi connectivity index (χ4v) is 1.95. The summed E-state index contributed by atoms with van der Waals surface area (Å²) in [7, 11) is 1.34. The zero-order valence-corrected chi connectivity index (χ0v) is 13.4. The van der Waals surface area contributed by atoms with E-state index in [1.165, 1.54) is 25.3 Å². The average Bonchev–Trinajstić information content (AvgIpc) is 2.59. The van der Waals surface area contributed by atoms with Crippen LogP contribution in [0.25, 0.3) is 6.08 Å². The van der Waals surface area contributed by atoms with E-state index in [-0.39, 0.29) is 11.3 Å². The highest BCUT2D eigenvalue weighted by Gasteiger charge is 2.11. The lowest BCUT2D eigenvalue weighted by Crippen LogP contribution is -2.12. The predicted octanol–water partition coefficient (Wildman–Crippen LogP) is 3.58. The number of carbonyl (C=O) groups is 2. The summed E-state index contributed by atoms with van der Waals surface area (Å²) in [6.45, 7) is 1.51. The summed E-state index contributed by atoms with van der Waals surface area (Å²) in [5.41, 5.74) is 2.08. The number of benzene rings is 2. The molecule has 24 heavy (non-hydrogen) atoms. The van der Waals surface area contributed by atoms with Gasteiger partial charge in [0, 0.05) is 11.6 Å². The largest absolute Gasteiger partial charge is 0.494 e. The van der Waals surface area contributed by atoms with Gasteiger partial charge in [0.15, 0.2) is 24.0 Å². The third kappa shape index (κ3) is 4.78. The minimum absolute atomic E-state index is 0.0459. The third-order valence-electron chi connectivity index (χ3n) is 3.31. The van der Waals surface area contributed by atoms with Gasteiger partial charge in [0.1, 0.15) is 0 Å². The van der Waals surface area contributed by atoms with Crippen LogP contribution in [-0.4, -0.2) is 25.5 Å². The molecule has 0 aliphatic heterocycles. The van der Waals surface area contributed by atoms with Crippen molar-refractivity contribution in [2.75, 3.05) is 13.7 Å². The first-order valence-electron chi connectivity index (χ1n) is 7.28. The molecule has 0 N–H and O–H groups in total. The van der Waals surface area contributed by atoms with Crippen molar-refractivity contribution in [3.05, 3.63) is 71.0 Å². The lowest BCUT2D eigenvalue weighted by Gasteiger charge is -2.05. The number of aryl methyl sites for hydroxylation is 1. The zero-order chi connectivity index (χ0) is 17.5. The second kappa shape index (κ2) is 8.06. The Morgan fingerprint density at radius 3 is 2.46 bits per heavy atom. The first-order chi connectivity index (χ1) is 11.5. The molecular weight excluding hydrogens is 311 g/mol. The number of methoxy groups -OCH3 is 1. The maximum Gasteiger partial charge on any atom is 0.331 e. The van der Waals surface area contributed by atoms with Gasteiger partial charge >= 0.3 is 5.97 Å². The highest BCUT2D eigenvalue weighted by molar-refractivity contribution is 5.99. The molecule has 4 nitrogen and oxygen atoms in total. The predicted molar refractivity (Wildman–Crippen MR) is 88.5 cm³/mol. The van der Waals surface area contributed by atoms with E-state index in [2.05, 4.69) is 0 Å². The maximum atomic E-state index is 13.6. The SMILES string of the molecule is COc1ccc(C(=O)COC(=O)/C=C/c2ccc(C)cc2)cc1F. The van der Waals surface area contributed by atoms with Crippen molar-refractivity contribution < 1.29 is 23.5 Å².